The first kappa shape index (κ1) is 14.1. The van der Waals surface area contributed by atoms with E-state index in [1.807, 2.05) is 17.8 Å². The Hall–Kier alpha value is -0.290. The molecule has 5 heteroatoms. The number of anilines is 1. The first-order valence-corrected chi connectivity index (χ1v) is 8.50. The van der Waals surface area contributed by atoms with Gasteiger partial charge in [0.1, 0.15) is 16.2 Å². The molecular weight excluding hydrogens is 310 g/mol. The summed E-state index contributed by atoms with van der Waals surface area (Å²) < 4.78 is 0.892. The molecular formula is C13H20BrN3S. The Morgan fingerprint density at radius 2 is 2.00 bits per heavy atom. The third-order valence-corrected chi connectivity index (χ3v) is 4.86. The largest absolute Gasteiger partial charge is 0.356 e. The van der Waals surface area contributed by atoms with Crippen molar-refractivity contribution in [3.05, 3.63) is 16.5 Å². The van der Waals surface area contributed by atoms with Gasteiger partial charge in [-0.25, -0.2) is 9.97 Å². The van der Waals surface area contributed by atoms with Crippen LogP contribution in [-0.2, 0) is 0 Å². The Balaban J connectivity index is 2.13. The maximum atomic E-state index is 4.69. The van der Waals surface area contributed by atoms with Gasteiger partial charge in [0.25, 0.3) is 0 Å². The molecule has 0 aliphatic carbocycles. The number of hydrogen-bond acceptors (Lipinski definition) is 4. The van der Waals surface area contributed by atoms with Crippen LogP contribution in [0.1, 0.15) is 38.4 Å². The van der Waals surface area contributed by atoms with Gasteiger partial charge in [-0.15, -0.1) is 0 Å². The maximum Gasteiger partial charge on any atom is 0.134 e. The molecule has 0 amide bonds. The van der Waals surface area contributed by atoms with Crippen LogP contribution >= 0.6 is 27.7 Å². The quantitative estimate of drug-likeness (QED) is 0.791. The molecule has 0 saturated carbocycles. The predicted octanol–water partition coefficient (Wildman–Crippen LogP) is 3.69. The van der Waals surface area contributed by atoms with E-state index in [-0.39, 0.29) is 0 Å². The monoisotopic (exact) mass is 329 g/mol. The number of nitrogens with zero attached hydrogens (tertiary/aromatic N) is 3. The second kappa shape index (κ2) is 6.24. The van der Waals surface area contributed by atoms with Gasteiger partial charge in [-0.2, -0.15) is 11.8 Å². The van der Waals surface area contributed by atoms with Crippen molar-refractivity contribution >= 4 is 33.5 Å². The van der Waals surface area contributed by atoms with Crippen molar-refractivity contribution in [1.82, 2.24) is 9.97 Å². The lowest BCUT2D eigenvalue weighted by molar-refractivity contribution is 0.584. The van der Waals surface area contributed by atoms with Crippen LogP contribution < -0.4 is 4.90 Å². The van der Waals surface area contributed by atoms with E-state index in [0.717, 1.165) is 34.6 Å². The van der Waals surface area contributed by atoms with E-state index in [1.165, 1.54) is 12.8 Å². The lowest BCUT2D eigenvalue weighted by Crippen LogP contribution is -2.35. The molecule has 0 bridgehead atoms. The molecule has 1 fully saturated rings. The van der Waals surface area contributed by atoms with Gasteiger partial charge in [0.05, 0.1) is 0 Å². The van der Waals surface area contributed by atoms with E-state index in [1.54, 1.807) is 0 Å². The molecule has 18 heavy (non-hydrogen) atoms. The van der Waals surface area contributed by atoms with Crippen LogP contribution in [0.3, 0.4) is 0 Å². The molecule has 1 aliphatic rings. The van der Waals surface area contributed by atoms with Gasteiger partial charge in [0.2, 0.25) is 0 Å². The fourth-order valence-electron chi connectivity index (χ4n) is 2.16. The van der Waals surface area contributed by atoms with E-state index in [4.69, 9.17) is 0 Å². The number of thioether (sulfide) groups is 1. The number of halogens is 1. The standard InChI is InChI=1S/C13H20BrN3S/c1-9(2)13-15-11(14)8-12(16-13)17-6-4-10(18-3)5-7-17/h8-10H,4-7H2,1-3H3. The first-order chi connectivity index (χ1) is 8.60. The third-order valence-electron chi connectivity index (χ3n) is 3.31. The Morgan fingerprint density at radius 1 is 1.33 bits per heavy atom. The van der Waals surface area contributed by atoms with E-state index in [0.29, 0.717) is 5.92 Å². The third kappa shape index (κ3) is 3.38. The highest BCUT2D eigenvalue weighted by atomic mass is 79.9. The van der Waals surface area contributed by atoms with E-state index < -0.39 is 0 Å². The zero-order chi connectivity index (χ0) is 13.1. The molecule has 0 N–H and O–H groups in total. The summed E-state index contributed by atoms with van der Waals surface area (Å²) in [5, 5.41) is 0.816. The van der Waals surface area contributed by atoms with Crippen LogP contribution in [0.4, 0.5) is 5.82 Å². The fraction of sp³-hybridized carbons (Fsp3) is 0.692. The highest BCUT2D eigenvalue weighted by Gasteiger charge is 2.20. The summed E-state index contributed by atoms with van der Waals surface area (Å²) in [4.78, 5) is 11.5. The van der Waals surface area contributed by atoms with Crippen molar-refractivity contribution in [2.45, 2.75) is 37.9 Å². The van der Waals surface area contributed by atoms with Gasteiger partial charge in [-0.05, 0) is 35.0 Å². The SMILES string of the molecule is CSC1CCN(c2cc(Br)nc(C(C)C)n2)CC1. The number of piperidine rings is 1. The molecule has 2 heterocycles. The molecule has 3 nitrogen and oxygen atoms in total. The van der Waals surface area contributed by atoms with Crippen LogP contribution in [0.15, 0.2) is 10.7 Å². The van der Waals surface area contributed by atoms with Gasteiger partial charge in [0, 0.05) is 30.3 Å². The highest BCUT2D eigenvalue weighted by Crippen LogP contribution is 2.26. The van der Waals surface area contributed by atoms with Crippen LogP contribution in [0.25, 0.3) is 0 Å². The van der Waals surface area contributed by atoms with Crippen LogP contribution in [-0.4, -0.2) is 34.6 Å². The molecule has 1 saturated heterocycles. The lowest BCUT2D eigenvalue weighted by Gasteiger charge is -2.32. The summed E-state index contributed by atoms with van der Waals surface area (Å²) >= 11 is 5.48. The Kier molecular flexibility index (Phi) is 4.90. The Labute approximate surface area is 122 Å². The zero-order valence-electron chi connectivity index (χ0n) is 11.2. The summed E-state index contributed by atoms with van der Waals surface area (Å²) in [7, 11) is 0. The van der Waals surface area contributed by atoms with Crippen molar-refractivity contribution in [3.8, 4) is 0 Å². The van der Waals surface area contributed by atoms with Crippen LogP contribution in [0, 0.1) is 0 Å². The van der Waals surface area contributed by atoms with Crippen LogP contribution in [0.5, 0.6) is 0 Å². The molecule has 1 aliphatic heterocycles. The summed E-state index contributed by atoms with van der Waals surface area (Å²) in [6.07, 6.45) is 4.71. The molecule has 0 spiro atoms. The normalized spacial score (nSPS) is 17.5. The van der Waals surface area contributed by atoms with Crippen molar-refractivity contribution < 1.29 is 0 Å². The highest BCUT2D eigenvalue weighted by molar-refractivity contribution is 9.10. The summed E-state index contributed by atoms with van der Waals surface area (Å²) in [6, 6.07) is 2.03. The van der Waals surface area contributed by atoms with E-state index in [2.05, 4.69) is 50.9 Å². The molecule has 2 rings (SSSR count). The van der Waals surface area contributed by atoms with Crippen molar-refractivity contribution in [3.63, 3.8) is 0 Å². The van der Waals surface area contributed by atoms with Gasteiger partial charge in [0.15, 0.2) is 0 Å². The minimum Gasteiger partial charge on any atom is -0.356 e. The first-order valence-electron chi connectivity index (χ1n) is 6.42. The predicted molar refractivity (Wildman–Crippen MR) is 82.6 cm³/mol. The Bertz CT molecular complexity index is 403. The Morgan fingerprint density at radius 3 is 2.56 bits per heavy atom. The van der Waals surface area contributed by atoms with Gasteiger partial charge in [-0.3, -0.25) is 0 Å². The van der Waals surface area contributed by atoms with Gasteiger partial charge >= 0.3 is 0 Å². The fourth-order valence-corrected chi connectivity index (χ4v) is 3.23. The lowest BCUT2D eigenvalue weighted by atomic mass is 10.1. The molecule has 100 valence electrons. The summed E-state index contributed by atoms with van der Waals surface area (Å²) in [6.45, 7) is 6.47. The number of hydrogen-bond donors (Lipinski definition) is 0. The van der Waals surface area contributed by atoms with Crippen LogP contribution in [0.2, 0.25) is 0 Å². The number of rotatable bonds is 3. The van der Waals surface area contributed by atoms with E-state index >= 15 is 0 Å². The molecule has 0 atom stereocenters. The minimum atomic E-state index is 0.366. The number of aromatic nitrogens is 2. The topological polar surface area (TPSA) is 29.0 Å². The van der Waals surface area contributed by atoms with Gasteiger partial charge in [-0.1, -0.05) is 13.8 Å². The van der Waals surface area contributed by atoms with Gasteiger partial charge < -0.3 is 4.90 Å². The average Bonchev–Trinajstić information content (AvgIpc) is 2.38. The summed E-state index contributed by atoms with van der Waals surface area (Å²) in [5.74, 6) is 2.36. The molecule has 1 aromatic rings. The zero-order valence-corrected chi connectivity index (χ0v) is 13.6. The average molecular weight is 330 g/mol. The molecule has 1 aromatic heterocycles. The molecule has 0 aromatic carbocycles. The van der Waals surface area contributed by atoms with Crippen molar-refractivity contribution in [2.24, 2.45) is 0 Å². The molecule has 0 unspecified atom stereocenters. The maximum absolute atomic E-state index is 4.69. The smallest absolute Gasteiger partial charge is 0.134 e. The van der Waals surface area contributed by atoms with Crippen molar-refractivity contribution in [1.29, 1.82) is 0 Å². The summed E-state index contributed by atoms with van der Waals surface area (Å²) in [5.41, 5.74) is 0. The molecule has 0 radical (unpaired) electrons. The van der Waals surface area contributed by atoms with Crippen molar-refractivity contribution in [2.75, 3.05) is 24.2 Å². The minimum absolute atomic E-state index is 0.366. The second-order valence-electron chi connectivity index (χ2n) is 4.98. The van der Waals surface area contributed by atoms with E-state index in [9.17, 15) is 0 Å². The second-order valence-corrected chi connectivity index (χ2v) is 6.93.